The third-order valence-electron chi connectivity index (χ3n) is 5.68. The molecular formula is C21H24O3. The Morgan fingerprint density at radius 1 is 1.04 bits per heavy atom. The molecule has 0 aromatic heterocycles. The molecule has 2 bridgehead atoms. The predicted molar refractivity (Wildman–Crippen MR) is 93.7 cm³/mol. The molecule has 1 aromatic carbocycles. The lowest BCUT2D eigenvalue weighted by Crippen LogP contribution is -2.26. The van der Waals surface area contributed by atoms with Crippen LogP contribution < -0.4 is 0 Å². The molecule has 2 aliphatic heterocycles. The van der Waals surface area contributed by atoms with Gasteiger partial charge >= 0.3 is 0 Å². The molecule has 126 valence electrons. The second kappa shape index (κ2) is 5.59. The first kappa shape index (κ1) is 15.6. The molecule has 24 heavy (non-hydrogen) atoms. The first-order valence-electron chi connectivity index (χ1n) is 8.89. The van der Waals surface area contributed by atoms with Crippen LogP contribution in [-0.2, 0) is 27.1 Å². The number of Topliss-reactive ketones (excluding diaryl/α,β-unsaturated/α-hetero) is 1. The van der Waals surface area contributed by atoms with Crippen molar-refractivity contribution in [2.24, 2.45) is 11.8 Å². The maximum absolute atomic E-state index is 13.3. The van der Waals surface area contributed by atoms with Crippen LogP contribution in [0.5, 0.6) is 0 Å². The first-order chi connectivity index (χ1) is 11.6. The van der Waals surface area contributed by atoms with Gasteiger partial charge in [-0.05, 0) is 36.5 Å². The monoisotopic (exact) mass is 324 g/mol. The van der Waals surface area contributed by atoms with Gasteiger partial charge in [0.05, 0.1) is 36.7 Å². The van der Waals surface area contributed by atoms with Crippen LogP contribution in [0.15, 0.2) is 30.0 Å². The summed E-state index contributed by atoms with van der Waals surface area (Å²) in [6.45, 7) is 6.43. The van der Waals surface area contributed by atoms with Gasteiger partial charge in [0.25, 0.3) is 0 Å². The van der Waals surface area contributed by atoms with E-state index in [4.69, 9.17) is 9.47 Å². The van der Waals surface area contributed by atoms with Crippen molar-refractivity contribution >= 4 is 11.4 Å². The second-order valence-corrected chi connectivity index (χ2v) is 6.97. The molecule has 1 fully saturated rings. The van der Waals surface area contributed by atoms with Crippen molar-refractivity contribution in [2.75, 3.05) is 7.11 Å². The molecule has 0 spiro atoms. The Morgan fingerprint density at radius 2 is 1.62 bits per heavy atom. The van der Waals surface area contributed by atoms with E-state index in [9.17, 15) is 4.79 Å². The van der Waals surface area contributed by atoms with Crippen LogP contribution in [0.25, 0.3) is 5.57 Å². The van der Waals surface area contributed by atoms with Gasteiger partial charge < -0.3 is 9.47 Å². The number of allylic oxidation sites excluding steroid dienone is 1. The Morgan fingerprint density at radius 3 is 2.17 bits per heavy atom. The molecule has 1 aliphatic carbocycles. The van der Waals surface area contributed by atoms with Crippen molar-refractivity contribution < 1.29 is 14.3 Å². The normalized spacial score (nSPS) is 30.4. The van der Waals surface area contributed by atoms with Gasteiger partial charge in [0, 0.05) is 0 Å². The number of hydrogen-bond donors (Lipinski definition) is 0. The number of aryl methyl sites for hydroxylation is 3. The summed E-state index contributed by atoms with van der Waals surface area (Å²) in [5.41, 5.74) is 5.66. The predicted octanol–water partition coefficient (Wildman–Crippen LogP) is 3.63. The van der Waals surface area contributed by atoms with E-state index in [0.717, 1.165) is 29.7 Å². The van der Waals surface area contributed by atoms with Crippen LogP contribution in [0.2, 0.25) is 0 Å². The van der Waals surface area contributed by atoms with Crippen molar-refractivity contribution in [1.82, 2.24) is 0 Å². The maximum Gasteiger partial charge on any atom is 0.173 e. The lowest BCUT2D eigenvalue weighted by molar-refractivity contribution is -0.118. The molecule has 2 heterocycles. The zero-order valence-corrected chi connectivity index (χ0v) is 14.8. The molecule has 3 nitrogen and oxygen atoms in total. The van der Waals surface area contributed by atoms with E-state index in [1.807, 2.05) is 6.08 Å². The van der Waals surface area contributed by atoms with Crippen LogP contribution in [-0.4, -0.2) is 25.1 Å². The number of benzene rings is 1. The Balaban J connectivity index is 1.93. The highest BCUT2D eigenvalue weighted by molar-refractivity contribution is 6.26. The standard InChI is InChI=1S/C21H24O3/c1-5-12-9-11(3)10-13(6-2)16(12)19-20(22)17-14-7-8-15(24-14)18(17)21(19)23-4/h7-10,14-15,17-18H,5-6H2,1-4H3/t14-,15+,17+,18-/m0/s1. The molecule has 1 saturated heterocycles. The summed E-state index contributed by atoms with van der Waals surface area (Å²) in [5, 5.41) is 0. The highest BCUT2D eigenvalue weighted by Crippen LogP contribution is 2.52. The SMILES string of the molecule is CCc1cc(C)cc(CC)c1C1=C(OC)[C@@H]2[C@H](C1=O)[C@@H]1C=C[C@H]2O1. The maximum atomic E-state index is 13.3. The minimum Gasteiger partial charge on any atom is -0.500 e. The van der Waals surface area contributed by atoms with Gasteiger partial charge in [0.2, 0.25) is 0 Å². The number of rotatable bonds is 4. The number of ether oxygens (including phenoxy) is 2. The number of hydrogen-bond acceptors (Lipinski definition) is 3. The Kier molecular flexibility index (Phi) is 3.65. The topological polar surface area (TPSA) is 35.5 Å². The van der Waals surface area contributed by atoms with Gasteiger partial charge in [-0.3, -0.25) is 4.79 Å². The fourth-order valence-corrected chi connectivity index (χ4v) is 4.69. The lowest BCUT2D eigenvalue weighted by atomic mass is 9.83. The van der Waals surface area contributed by atoms with Crippen LogP contribution in [0.1, 0.15) is 36.1 Å². The molecule has 4 rings (SSSR count). The molecule has 3 aliphatic rings. The van der Waals surface area contributed by atoms with Crippen molar-refractivity contribution in [1.29, 1.82) is 0 Å². The first-order valence-corrected chi connectivity index (χ1v) is 8.89. The van der Waals surface area contributed by atoms with Crippen molar-refractivity contribution in [3.63, 3.8) is 0 Å². The Hall–Kier alpha value is -1.87. The van der Waals surface area contributed by atoms with Gasteiger partial charge in [0.15, 0.2) is 5.78 Å². The molecule has 4 atom stereocenters. The smallest absolute Gasteiger partial charge is 0.173 e. The molecule has 0 unspecified atom stereocenters. The number of ketones is 1. The summed E-state index contributed by atoms with van der Waals surface area (Å²) >= 11 is 0. The van der Waals surface area contributed by atoms with Gasteiger partial charge in [-0.15, -0.1) is 0 Å². The van der Waals surface area contributed by atoms with Gasteiger partial charge in [-0.1, -0.05) is 43.7 Å². The molecule has 3 heteroatoms. The molecular weight excluding hydrogens is 300 g/mol. The Labute approximate surface area is 143 Å². The van der Waals surface area contributed by atoms with E-state index in [1.165, 1.54) is 16.7 Å². The number of carbonyl (C=O) groups excluding carboxylic acids is 1. The lowest BCUT2D eigenvalue weighted by Gasteiger charge is -2.19. The third kappa shape index (κ3) is 1.97. The van der Waals surface area contributed by atoms with E-state index >= 15 is 0 Å². The summed E-state index contributed by atoms with van der Waals surface area (Å²) in [7, 11) is 1.69. The highest BCUT2D eigenvalue weighted by Gasteiger charge is 2.57. The Bertz CT molecular complexity index is 746. The highest BCUT2D eigenvalue weighted by atomic mass is 16.5. The van der Waals surface area contributed by atoms with E-state index in [-0.39, 0.29) is 29.8 Å². The van der Waals surface area contributed by atoms with E-state index in [2.05, 4.69) is 39.0 Å². The van der Waals surface area contributed by atoms with Gasteiger partial charge in [-0.2, -0.15) is 0 Å². The molecule has 0 saturated carbocycles. The number of carbonyl (C=O) groups is 1. The minimum atomic E-state index is -0.110. The molecule has 0 radical (unpaired) electrons. The zero-order valence-electron chi connectivity index (χ0n) is 14.8. The second-order valence-electron chi connectivity index (χ2n) is 6.97. The van der Waals surface area contributed by atoms with E-state index in [1.54, 1.807) is 7.11 Å². The minimum absolute atomic E-state index is 0.0167. The number of methoxy groups -OCH3 is 1. The zero-order chi connectivity index (χ0) is 17.0. The number of fused-ring (bicyclic) bond motifs is 5. The average Bonchev–Trinajstić information content (AvgIpc) is 3.26. The summed E-state index contributed by atoms with van der Waals surface area (Å²) in [5.74, 6) is 0.959. The third-order valence-corrected chi connectivity index (χ3v) is 5.68. The van der Waals surface area contributed by atoms with Crippen molar-refractivity contribution in [3.05, 3.63) is 52.3 Å². The van der Waals surface area contributed by atoms with Crippen LogP contribution in [0.4, 0.5) is 0 Å². The summed E-state index contributed by atoms with van der Waals surface area (Å²) in [6, 6.07) is 4.42. The summed E-state index contributed by atoms with van der Waals surface area (Å²) < 4.78 is 11.7. The van der Waals surface area contributed by atoms with Crippen molar-refractivity contribution in [3.8, 4) is 0 Å². The molecule has 0 N–H and O–H groups in total. The van der Waals surface area contributed by atoms with E-state index < -0.39 is 0 Å². The fraction of sp³-hybridized carbons (Fsp3) is 0.476. The van der Waals surface area contributed by atoms with Crippen molar-refractivity contribution in [2.45, 2.75) is 45.8 Å². The van der Waals surface area contributed by atoms with Gasteiger partial charge in [-0.25, -0.2) is 0 Å². The van der Waals surface area contributed by atoms with Crippen LogP contribution >= 0.6 is 0 Å². The van der Waals surface area contributed by atoms with Crippen LogP contribution in [0.3, 0.4) is 0 Å². The average molecular weight is 324 g/mol. The fourth-order valence-electron chi connectivity index (χ4n) is 4.69. The van der Waals surface area contributed by atoms with Crippen LogP contribution in [0, 0.1) is 18.8 Å². The summed E-state index contributed by atoms with van der Waals surface area (Å²) in [4.78, 5) is 13.3. The molecule has 0 amide bonds. The largest absolute Gasteiger partial charge is 0.500 e. The summed E-state index contributed by atoms with van der Waals surface area (Å²) in [6.07, 6.45) is 5.84. The quantitative estimate of drug-likeness (QED) is 0.794. The van der Waals surface area contributed by atoms with Gasteiger partial charge in [0.1, 0.15) is 5.76 Å². The molecule has 1 aromatic rings. The van der Waals surface area contributed by atoms with E-state index in [0.29, 0.717) is 0 Å².